The summed E-state index contributed by atoms with van der Waals surface area (Å²) >= 11 is 0. The predicted molar refractivity (Wildman–Crippen MR) is 69.3 cm³/mol. The van der Waals surface area contributed by atoms with Gasteiger partial charge in [0, 0.05) is 5.56 Å². The van der Waals surface area contributed by atoms with E-state index in [4.69, 9.17) is 5.73 Å². The van der Waals surface area contributed by atoms with Gasteiger partial charge in [0.15, 0.2) is 11.6 Å². The fourth-order valence-corrected chi connectivity index (χ4v) is 1.86. The van der Waals surface area contributed by atoms with Crippen molar-refractivity contribution in [1.82, 2.24) is 0 Å². The van der Waals surface area contributed by atoms with Crippen molar-refractivity contribution in [2.45, 2.75) is 12.8 Å². The van der Waals surface area contributed by atoms with Crippen LogP contribution in [0.3, 0.4) is 0 Å². The third kappa shape index (κ3) is 2.41. The molecular formula is C15H15F2N. The highest BCUT2D eigenvalue weighted by Crippen LogP contribution is 2.28. The minimum atomic E-state index is -0.827. The third-order valence-corrected chi connectivity index (χ3v) is 3.06. The first-order valence-electron chi connectivity index (χ1n) is 5.88. The fourth-order valence-electron chi connectivity index (χ4n) is 1.86. The van der Waals surface area contributed by atoms with Crippen LogP contribution in [-0.4, -0.2) is 6.54 Å². The van der Waals surface area contributed by atoms with Crippen molar-refractivity contribution in [1.29, 1.82) is 0 Å². The predicted octanol–water partition coefficient (Wildman–Crippen LogP) is 3.69. The molecule has 0 saturated heterocycles. The Morgan fingerprint density at radius 2 is 1.78 bits per heavy atom. The molecule has 94 valence electrons. The molecule has 2 rings (SSSR count). The van der Waals surface area contributed by atoms with Crippen molar-refractivity contribution in [2.75, 3.05) is 6.54 Å². The Labute approximate surface area is 105 Å². The van der Waals surface area contributed by atoms with Crippen LogP contribution in [0.25, 0.3) is 11.1 Å². The Morgan fingerprint density at radius 1 is 1.11 bits per heavy atom. The van der Waals surface area contributed by atoms with Gasteiger partial charge in [-0.3, -0.25) is 0 Å². The van der Waals surface area contributed by atoms with Gasteiger partial charge in [-0.25, -0.2) is 8.78 Å². The monoisotopic (exact) mass is 247 g/mol. The van der Waals surface area contributed by atoms with Gasteiger partial charge >= 0.3 is 0 Å². The lowest BCUT2D eigenvalue weighted by atomic mass is 9.95. The normalized spacial score (nSPS) is 12.4. The molecule has 0 aliphatic carbocycles. The number of halogens is 2. The molecule has 2 aromatic rings. The third-order valence-electron chi connectivity index (χ3n) is 3.06. The Morgan fingerprint density at radius 3 is 2.39 bits per heavy atom. The van der Waals surface area contributed by atoms with Crippen LogP contribution in [0, 0.1) is 11.6 Å². The highest BCUT2D eigenvalue weighted by molar-refractivity contribution is 5.65. The van der Waals surface area contributed by atoms with Crippen molar-refractivity contribution in [2.24, 2.45) is 5.73 Å². The molecule has 0 aromatic heterocycles. The molecule has 2 N–H and O–H groups in total. The zero-order valence-corrected chi connectivity index (χ0v) is 10.2. The molecule has 3 heteroatoms. The summed E-state index contributed by atoms with van der Waals surface area (Å²) in [6.45, 7) is 2.29. The lowest BCUT2D eigenvalue weighted by Crippen LogP contribution is -2.09. The van der Waals surface area contributed by atoms with Gasteiger partial charge in [0.25, 0.3) is 0 Å². The lowest BCUT2D eigenvalue weighted by Gasteiger charge is -2.12. The average Bonchev–Trinajstić information content (AvgIpc) is 2.41. The molecule has 0 aliphatic heterocycles. The summed E-state index contributed by atoms with van der Waals surface area (Å²) in [5.74, 6) is -1.64. The van der Waals surface area contributed by atoms with E-state index in [1.165, 1.54) is 6.07 Å². The summed E-state index contributed by atoms with van der Waals surface area (Å²) in [6, 6.07) is 11.8. The van der Waals surface area contributed by atoms with Crippen LogP contribution < -0.4 is 5.73 Å². The molecule has 0 fully saturated rings. The van der Waals surface area contributed by atoms with E-state index in [0.717, 1.165) is 5.56 Å². The van der Waals surface area contributed by atoms with Gasteiger partial charge in [0.05, 0.1) is 0 Å². The average molecular weight is 247 g/mol. The number of hydrogen-bond donors (Lipinski definition) is 1. The number of rotatable bonds is 3. The summed E-state index contributed by atoms with van der Waals surface area (Å²) in [5, 5.41) is 0. The molecule has 1 nitrogen and oxygen atoms in total. The van der Waals surface area contributed by atoms with E-state index >= 15 is 0 Å². The smallest absolute Gasteiger partial charge is 0.166 e. The Bertz CT molecular complexity index is 538. The zero-order chi connectivity index (χ0) is 13.1. The van der Waals surface area contributed by atoms with E-state index in [1.807, 2.05) is 13.0 Å². The van der Waals surface area contributed by atoms with Gasteiger partial charge in [-0.2, -0.15) is 0 Å². The van der Waals surface area contributed by atoms with Gasteiger partial charge in [-0.05, 0) is 35.7 Å². The second-order valence-corrected chi connectivity index (χ2v) is 4.37. The molecule has 0 radical (unpaired) electrons. The molecular weight excluding hydrogens is 232 g/mol. The van der Waals surface area contributed by atoms with Crippen LogP contribution in [0.4, 0.5) is 8.78 Å². The number of nitrogens with two attached hydrogens (primary N) is 1. The molecule has 0 heterocycles. The van der Waals surface area contributed by atoms with Crippen LogP contribution in [0.15, 0.2) is 42.5 Å². The first kappa shape index (κ1) is 12.7. The van der Waals surface area contributed by atoms with E-state index in [0.29, 0.717) is 12.1 Å². The van der Waals surface area contributed by atoms with Crippen molar-refractivity contribution in [3.63, 3.8) is 0 Å². The van der Waals surface area contributed by atoms with Crippen LogP contribution in [0.2, 0.25) is 0 Å². The summed E-state index contributed by atoms with van der Waals surface area (Å²) in [5.41, 5.74) is 7.23. The largest absolute Gasteiger partial charge is 0.330 e. The zero-order valence-electron chi connectivity index (χ0n) is 10.2. The summed E-state index contributed by atoms with van der Waals surface area (Å²) in [6.07, 6.45) is 0. The van der Waals surface area contributed by atoms with E-state index in [-0.39, 0.29) is 11.5 Å². The fraction of sp³-hybridized carbons (Fsp3) is 0.200. The van der Waals surface area contributed by atoms with Crippen molar-refractivity contribution in [3.8, 4) is 11.1 Å². The Kier molecular flexibility index (Phi) is 3.72. The summed E-state index contributed by atoms with van der Waals surface area (Å²) < 4.78 is 27.4. The molecule has 0 saturated carbocycles. The second kappa shape index (κ2) is 5.27. The highest BCUT2D eigenvalue weighted by Gasteiger charge is 2.14. The van der Waals surface area contributed by atoms with E-state index in [1.54, 1.807) is 30.3 Å². The van der Waals surface area contributed by atoms with Gasteiger partial charge in [-0.1, -0.05) is 37.3 Å². The molecule has 0 aliphatic rings. The van der Waals surface area contributed by atoms with E-state index in [2.05, 4.69) is 0 Å². The Hall–Kier alpha value is -1.74. The van der Waals surface area contributed by atoms with Crippen LogP contribution in [-0.2, 0) is 0 Å². The quantitative estimate of drug-likeness (QED) is 0.879. The molecule has 1 unspecified atom stereocenters. The minimum absolute atomic E-state index is 0.00237. The first-order chi connectivity index (χ1) is 8.63. The van der Waals surface area contributed by atoms with Crippen molar-refractivity contribution >= 4 is 0 Å². The lowest BCUT2D eigenvalue weighted by molar-refractivity contribution is 0.508. The minimum Gasteiger partial charge on any atom is -0.330 e. The van der Waals surface area contributed by atoms with Crippen LogP contribution in [0.5, 0.6) is 0 Å². The summed E-state index contributed by atoms with van der Waals surface area (Å²) in [7, 11) is 0. The first-order valence-corrected chi connectivity index (χ1v) is 5.88. The topological polar surface area (TPSA) is 26.0 Å². The maximum Gasteiger partial charge on any atom is 0.166 e. The van der Waals surface area contributed by atoms with Crippen LogP contribution >= 0.6 is 0 Å². The standard InChI is InChI=1S/C15H15F2N/c1-10(9-18)12-7-13(15(17)14(16)8-12)11-5-3-2-4-6-11/h2-8,10H,9,18H2,1H3. The van der Waals surface area contributed by atoms with E-state index in [9.17, 15) is 8.78 Å². The van der Waals surface area contributed by atoms with Gasteiger partial charge in [0.2, 0.25) is 0 Å². The van der Waals surface area contributed by atoms with Crippen molar-refractivity contribution in [3.05, 3.63) is 59.7 Å². The second-order valence-electron chi connectivity index (χ2n) is 4.37. The molecule has 18 heavy (non-hydrogen) atoms. The number of benzene rings is 2. The maximum atomic E-state index is 13.8. The summed E-state index contributed by atoms with van der Waals surface area (Å²) in [4.78, 5) is 0. The molecule has 0 spiro atoms. The molecule has 0 bridgehead atoms. The van der Waals surface area contributed by atoms with Gasteiger partial charge < -0.3 is 5.73 Å². The molecule has 2 aromatic carbocycles. The molecule has 1 atom stereocenters. The highest BCUT2D eigenvalue weighted by atomic mass is 19.2. The molecule has 0 amide bonds. The van der Waals surface area contributed by atoms with Crippen LogP contribution in [0.1, 0.15) is 18.4 Å². The Balaban J connectivity index is 2.56. The van der Waals surface area contributed by atoms with E-state index < -0.39 is 11.6 Å². The van der Waals surface area contributed by atoms with Gasteiger partial charge in [0.1, 0.15) is 0 Å². The SMILES string of the molecule is CC(CN)c1cc(F)c(F)c(-c2ccccc2)c1. The maximum absolute atomic E-state index is 13.8. The van der Waals surface area contributed by atoms with Gasteiger partial charge in [-0.15, -0.1) is 0 Å². The van der Waals surface area contributed by atoms with Crippen molar-refractivity contribution < 1.29 is 8.78 Å². The number of hydrogen-bond acceptors (Lipinski definition) is 1.